The molecule has 0 bridgehead atoms. The fourth-order valence-corrected chi connectivity index (χ4v) is 2.84. The summed E-state index contributed by atoms with van der Waals surface area (Å²) >= 11 is 0. The first kappa shape index (κ1) is 17.5. The summed E-state index contributed by atoms with van der Waals surface area (Å²) in [5.74, 6) is 0. The number of carbonyl (C=O) groups is 1. The van der Waals surface area contributed by atoms with E-state index in [9.17, 15) is 9.90 Å². The number of rotatable bonds is 6. The molecule has 1 fully saturated rings. The van der Waals surface area contributed by atoms with Crippen LogP contribution < -0.4 is 5.32 Å². The summed E-state index contributed by atoms with van der Waals surface area (Å²) in [6.07, 6.45) is 3.12. The van der Waals surface area contributed by atoms with Gasteiger partial charge >= 0.3 is 6.03 Å². The van der Waals surface area contributed by atoms with Gasteiger partial charge in [-0.25, -0.2) is 4.79 Å². The highest BCUT2D eigenvalue weighted by Crippen LogP contribution is 2.20. The predicted octanol–water partition coefficient (Wildman–Crippen LogP) is 2.49. The molecule has 1 aromatic carbocycles. The van der Waals surface area contributed by atoms with Gasteiger partial charge in [0.15, 0.2) is 0 Å². The van der Waals surface area contributed by atoms with Crippen molar-refractivity contribution in [2.24, 2.45) is 0 Å². The lowest BCUT2D eigenvalue weighted by Crippen LogP contribution is -2.53. The van der Waals surface area contributed by atoms with Crippen molar-refractivity contribution in [2.75, 3.05) is 19.7 Å². The van der Waals surface area contributed by atoms with Crippen LogP contribution in [0.4, 0.5) is 4.79 Å². The molecule has 126 valence electrons. The molecule has 23 heavy (non-hydrogen) atoms. The summed E-state index contributed by atoms with van der Waals surface area (Å²) in [4.78, 5) is 14.3. The zero-order valence-corrected chi connectivity index (χ0v) is 13.6. The molecule has 0 aliphatic carbocycles. The molecule has 0 aromatic heterocycles. The van der Waals surface area contributed by atoms with Crippen LogP contribution in [0.3, 0.4) is 0 Å². The number of ether oxygens (including phenoxy) is 1. The number of carbonyl (C=O) groups excluding carboxylic acids is 1. The fourth-order valence-electron chi connectivity index (χ4n) is 2.84. The summed E-state index contributed by atoms with van der Waals surface area (Å²) in [5, 5.41) is 12.4. The Hall–Kier alpha value is -1.85. The zero-order chi connectivity index (χ0) is 16.7. The number of urea groups is 1. The summed E-state index contributed by atoms with van der Waals surface area (Å²) in [6, 6.07) is 9.79. The Labute approximate surface area is 137 Å². The second-order valence-corrected chi connectivity index (χ2v) is 5.94. The fraction of sp³-hybridized carbons (Fsp3) is 0.500. The lowest BCUT2D eigenvalue weighted by Gasteiger charge is -2.36. The average Bonchev–Trinajstić information content (AvgIpc) is 2.58. The maximum Gasteiger partial charge on any atom is 0.318 e. The topological polar surface area (TPSA) is 61.8 Å². The SMILES string of the molecule is C=CCC[C@H](NC(=O)N1C[C@@H](CO)O[C@@H](C)C1)c1ccccc1. The van der Waals surface area contributed by atoms with Gasteiger partial charge < -0.3 is 20.1 Å². The Bertz CT molecular complexity index is 506. The minimum atomic E-state index is -0.312. The number of morpholine rings is 1. The maximum atomic E-state index is 12.6. The van der Waals surface area contributed by atoms with Crippen molar-refractivity contribution in [2.45, 2.75) is 38.0 Å². The number of nitrogens with one attached hydrogen (secondary N) is 1. The minimum Gasteiger partial charge on any atom is -0.394 e. The van der Waals surface area contributed by atoms with Crippen LogP contribution in [0.25, 0.3) is 0 Å². The molecule has 1 heterocycles. The molecular weight excluding hydrogens is 292 g/mol. The van der Waals surface area contributed by atoms with E-state index in [4.69, 9.17) is 4.74 Å². The van der Waals surface area contributed by atoms with Crippen molar-refractivity contribution in [3.05, 3.63) is 48.6 Å². The summed E-state index contributed by atoms with van der Waals surface area (Å²) in [6.45, 7) is 6.54. The van der Waals surface area contributed by atoms with Crippen molar-refractivity contribution in [3.8, 4) is 0 Å². The van der Waals surface area contributed by atoms with E-state index in [0.29, 0.717) is 13.1 Å². The van der Waals surface area contributed by atoms with Crippen molar-refractivity contribution in [1.29, 1.82) is 0 Å². The number of allylic oxidation sites excluding steroid dienone is 1. The molecule has 5 heteroatoms. The molecule has 0 saturated carbocycles. The Morgan fingerprint density at radius 2 is 2.22 bits per heavy atom. The molecule has 1 saturated heterocycles. The first-order chi connectivity index (χ1) is 11.1. The number of nitrogens with zero attached hydrogens (tertiary/aromatic N) is 1. The molecule has 1 aliphatic rings. The Kier molecular flexibility index (Phi) is 6.62. The number of benzene rings is 1. The van der Waals surface area contributed by atoms with E-state index in [1.807, 2.05) is 43.3 Å². The first-order valence-electron chi connectivity index (χ1n) is 8.11. The number of hydrogen-bond donors (Lipinski definition) is 2. The highest BCUT2D eigenvalue weighted by molar-refractivity contribution is 5.75. The van der Waals surface area contributed by atoms with Crippen LogP contribution in [0.1, 0.15) is 31.4 Å². The third-order valence-corrected chi connectivity index (χ3v) is 3.98. The largest absolute Gasteiger partial charge is 0.394 e. The molecule has 2 amide bonds. The van der Waals surface area contributed by atoms with Crippen LogP contribution in [0.15, 0.2) is 43.0 Å². The lowest BCUT2D eigenvalue weighted by atomic mass is 10.0. The maximum absolute atomic E-state index is 12.6. The number of aliphatic hydroxyl groups is 1. The molecule has 1 aromatic rings. The molecule has 1 aliphatic heterocycles. The van der Waals surface area contributed by atoms with Gasteiger partial charge in [0.2, 0.25) is 0 Å². The average molecular weight is 318 g/mol. The monoisotopic (exact) mass is 318 g/mol. The van der Waals surface area contributed by atoms with Crippen molar-refractivity contribution < 1.29 is 14.6 Å². The Morgan fingerprint density at radius 3 is 2.87 bits per heavy atom. The van der Waals surface area contributed by atoms with Gasteiger partial charge in [0.05, 0.1) is 31.4 Å². The van der Waals surface area contributed by atoms with E-state index in [0.717, 1.165) is 18.4 Å². The van der Waals surface area contributed by atoms with E-state index < -0.39 is 0 Å². The van der Waals surface area contributed by atoms with Gasteiger partial charge in [-0.05, 0) is 25.3 Å². The standard InChI is InChI=1S/C18H26N2O3/c1-3-4-10-17(15-8-6-5-7-9-15)19-18(22)20-11-14(2)23-16(12-20)13-21/h3,5-9,14,16-17,21H,1,4,10-13H2,2H3,(H,19,22)/t14-,16-,17-/m0/s1. The van der Waals surface area contributed by atoms with E-state index in [-0.39, 0.29) is 30.9 Å². The Morgan fingerprint density at radius 1 is 1.48 bits per heavy atom. The van der Waals surface area contributed by atoms with E-state index in [2.05, 4.69) is 11.9 Å². The van der Waals surface area contributed by atoms with Crippen LogP contribution in [0.2, 0.25) is 0 Å². The van der Waals surface area contributed by atoms with Gasteiger partial charge in [-0.3, -0.25) is 0 Å². The van der Waals surface area contributed by atoms with Gasteiger partial charge in [-0.15, -0.1) is 6.58 Å². The molecule has 2 rings (SSSR count). The second kappa shape index (κ2) is 8.70. The number of amides is 2. The molecule has 5 nitrogen and oxygen atoms in total. The predicted molar refractivity (Wildman–Crippen MR) is 90.1 cm³/mol. The number of aliphatic hydroxyl groups excluding tert-OH is 1. The molecule has 0 unspecified atom stereocenters. The van der Waals surface area contributed by atoms with Crippen LogP contribution in [-0.2, 0) is 4.74 Å². The smallest absolute Gasteiger partial charge is 0.318 e. The summed E-state index contributed by atoms with van der Waals surface area (Å²) < 4.78 is 5.59. The highest BCUT2D eigenvalue weighted by atomic mass is 16.5. The third-order valence-electron chi connectivity index (χ3n) is 3.98. The van der Waals surface area contributed by atoms with E-state index >= 15 is 0 Å². The van der Waals surface area contributed by atoms with Crippen LogP contribution in [-0.4, -0.2) is 47.9 Å². The third kappa shape index (κ3) is 5.08. The lowest BCUT2D eigenvalue weighted by molar-refractivity contribution is -0.0835. The molecular formula is C18H26N2O3. The van der Waals surface area contributed by atoms with Crippen molar-refractivity contribution >= 4 is 6.03 Å². The first-order valence-corrected chi connectivity index (χ1v) is 8.11. The van der Waals surface area contributed by atoms with E-state index in [1.54, 1.807) is 4.90 Å². The van der Waals surface area contributed by atoms with Crippen LogP contribution in [0.5, 0.6) is 0 Å². The number of hydrogen-bond acceptors (Lipinski definition) is 3. The second-order valence-electron chi connectivity index (χ2n) is 5.94. The minimum absolute atomic E-state index is 0.0487. The summed E-state index contributed by atoms with van der Waals surface area (Å²) in [5.41, 5.74) is 1.09. The van der Waals surface area contributed by atoms with Gasteiger partial charge in [-0.2, -0.15) is 0 Å². The normalized spacial score (nSPS) is 22.4. The van der Waals surface area contributed by atoms with Crippen LogP contribution >= 0.6 is 0 Å². The Balaban J connectivity index is 2.03. The van der Waals surface area contributed by atoms with Gasteiger partial charge in [0.1, 0.15) is 0 Å². The zero-order valence-electron chi connectivity index (χ0n) is 13.6. The quantitative estimate of drug-likeness (QED) is 0.792. The van der Waals surface area contributed by atoms with Gasteiger partial charge in [0, 0.05) is 6.54 Å². The summed E-state index contributed by atoms with van der Waals surface area (Å²) in [7, 11) is 0. The highest BCUT2D eigenvalue weighted by Gasteiger charge is 2.29. The molecule has 0 radical (unpaired) electrons. The van der Waals surface area contributed by atoms with Gasteiger partial charge in [0.25, 0.3) is 0 Å². The molecule has 2 N–H and O–H groups in total. The van der Waals surface area contributed by atoms with Crippen molar-refractivity contribution in [3.63, 3.8) is 0 Å². The van der Waals surface area contributed by atoms with Gasteiger partial charge in [-0.1, -0.05) is 36.4 Å². The molecule has 0 spiro atoms. The van der Waals surface area contributed by atoms with Crippen molar-refractivity contribution in [1.82, 2.24) is 10.2 Å². The molecule has 3 atom stereocenters. The van der Waals surface area contributed by atoms with E-state index in [1.165, 1.54) is 0 Å². The van der Waals surface area contributed by atoms with Crippen LogP contribution in [0, 0.1) is 0 Å².